The van der Waals surface area contributed by atoms with Gasteiger partial charge in [-0.1, -0.05) is 0 Å². The van der Waals surface area contributed by atoms with Crippen molar-refractivity contribution < 1.29 is 18.0 Å². The first-order valence-electron chi connectivity index (χ1n) is 6.36. The number of halogens is 3. The van der Waals surface area contributed by atoms with Gasteiger partial charge in [-0.25, -0.2) is 0 Å². The average Bonchev–Trinajstić information content (AvgIpc) is 2.84. The lowest BCUT2D eigenvalue weighted by Crippen LogP contribution is -2.29. The molecule has 0 aliphatic carbocycles. The van der Waals surface area contributed by atoms with Crippen LogP contribution in [0.3, 0.4) is 0 Å². The quantitative estimate of drug-likeness (QED) is 0.922. The fraction of sp³-hybridized carbons (Fsp3) is 0.500. The Morgan fingerprint density at radius 2 is 1.86 bits per heavy atom. The van der Waals surface area contributed by atoms with Crippen molar-refractivity contribution in [3.63, 3.8) is 0 Å². The van der Waals surface area contributed by atoms with Crippen molar-refractivity contribution in [1.29, 1.82) is 0 Å². The third kappa shape index (κ3) is 2.81. The van der Waals surface area contributed by atoms with Gasteiger partial charge in [0.1, 0.15) is 0 Å². The van der Waals surface area contributed by atoms with E-state index in [-0.39, 0.29) is 23.9 Å². The molecule has 0 aliphatic rings. The SMILES string of the molecule is Cc1c(NCC(=O)N(C)C)nn2c(C(F)(F)F)nnc2c1C. The van der Waals surface area contributed by atoms with Crippen molar-refractivity contribution >= 4 is 17.4 Å². The molecule has 2 aromatic heterocycles. The summed E-state index contributed by atoms with van der Waals surface area (Å²) >= 11 is 0. The number of alkyl halides is 3. The van der Waals surface area contributed by atoms with Gasteiger partial charge in [0, 0.05) is 19.7 Å². The lowest BCUT2D eigenvalue weighted by atomic mass is 10.2. The highest BCUT2D eigenvalue weighted by Crippen LogP contribution is 2.29. The zero-order valence-electron chi connectivity index (χ0n) is 12.5. The van der Waals surface area contributed by atoms with Gasteiger partial charge in [-0.15, -0.1) is 15.3 Å². The van der Waals surface area contributed by atoms with E-state index in [9.17, 15) is 18.0 Å². The van der Waals surface area contributed by atoms with Gasteiger partial charge in [0.15, 0.2) is 11.5 Å². The summed E-state index contributed by atoms with van der Waals surface area (Å²) in [4.78, 5) is 12.9. The smallest absolute Gasteiger partial charge is 0.359 e. The van der Waals surface area contributed by atoms with Crippen molar-refractivity contribution in [2.75, 3.05) is 26.0 Å². The summed E-state index contributed by atoms with van der Waals surface area (Å²) in [5, 5.41) is 13.3. The Hall–Kier alpha value is -2.39. The van der Waals surface area contributed by atoms with E-state index in [1.807, 2.05) is 0 Å². The number of carbonyl (C=O) groups excluding carboxylic acids is 1. The van der Waals surface area contributed by atoms with Crippen molar-refractivity contribution in [3.8, 4) is 0 Å². The maximum atomic E-state index is 12.9. The molecular weight excluding hydrogens is 301 g/mol. The highest BCUT2D eigenvalue weighted by molar-refractivity contribution is 5.80. The summed E-state index contributed by atoms with van der Waals surface area (Å²) in [6.45, 7) is 3.24. The topological polar surface area (TPSA) is 75.4 Å². The molecule has 2 heterocycles. The number of anilines is 1. The molecule has 2 aromatic rings. The largest absolute Gasteiger partial charge is 0.453 e. The third-order valence-corrected chi connectivity index (χ3v) is 3.25. The van der Waals surface area contributed by atoms with Crippen molar-refractivity contribution in [2.24, 2.45) is 0 Å². The number of aromatic nitrogens is 4. The number of nitrogens with one attached hydrogen (secondary N) is 1. The van der Waals surface area contributed by atoms with Crippen LogP contribution in [0, 0.1) is 13.8 Å². The highest BCUT2D eigenvalue weighted by Gasteiger charge is 2.38. The van der Waals surface area contributed by atoms with Crippen molar-refractivity contribution in [1.82, 2.24) is 24.7 Å². The second kappa shape index (κ2) is 5.43. The van der Waals surface area contributed by atoms with Gasteiger partial charge in [-0.2, -0.15) is 17.7 Å². The predicted octanol–water partition coefficient (Wildman–Crippen LogP) is 1.26. The molecule has 0 atom stereocenters. The molecule has 0 unspecified atom stereocenters. The van der Waals surface area contributed by atoms with E-state index in [1.165, 1.54) is 4.90 Å². The van der Waals surface area contributed by atoms with E-state index in [2.05, 4.69) is 20.6 Å². The first-order chi connectivity index (χ1) is 10.1. The fourth-order valence-corrected chi connectivity index (χ4v) is 1.79. The minimum Gasteiger partial charge on any atom is -0.359 e. The molecule has 0 radical (unpaired) electrons. The molecule has 1 amide bonds. The lowest BCUT2D eigenvalue weighted by Gasteiger charge is -2.14. The summed E-state index contributed by atoms with van der Waals surface area (Å²) in [5.74, 6) is -1.24. The molecule has 0 aliphatic heterocycles. The third-order valence-electron chi connectivity index (χ3n) is 3.25. The molecule has 0 fully saturated rings. The summed E-state index contributed by atoms with van der Waals surface area (Å²) in [6.07, 6.45) is -4.66. The van der Waals surface area contributed by atoms with Crippen LogP contribution in [0.1, 0.15) is 17.0 Å². The summed E-state index contributed by atoms with van der Waals surface area (Å²) in [7, 11) is 3.17. The Morgan fingerprint density at radius 1 is 1.23 bits per heavy atom. The Balaban J connectivity index is 2.47. The molecule has 22 heavy (non-hydrogen) atoms. The van der Waals surface area contributed by atoms with Gasteiger partial charge in [-0.3, -0.25) is 4.79 Å². The normalized spacial score (nSPS) is 11.8. The van der Waals surface area contributed by atoms with Gasteiger partial charge < -0.3 is 10.2 Å². The van der Waals surface area contributed by atoms with Crippen LogP contribution in [0.4, 0.5) is 19.0 Å². The second-order valence-corrected chi connectivity index (χ2v) is 5.00. The van der Waals surface area contributed by atoms with Crippen LogP contribution >= 0.6 is 0 Å². The zero-order chi connectivity index (χ0) is 16.7. The number of hydrogen-bond donors (Lipinski definition) is 1. The van der Waals surface area contributed by atoms with E-state index >= 15 is 0 Å². The standard InChI is InChI=1S/C12H15F3N6O/c1-6-7(2)10-17-18-11(12(13,14)15)21(10)19-9(6)16-5-8(22)20(3)4/h5H2,1-4H3,(H,16,19). The number of carbonyl (C=O) groups is 1. The molecule has 10 heteroatoms. The van der Waals surface area contributed by atoms with Gasteiger partial charge in [-0.05, 0) is 19.4 Å². The van der Waals surface area contributed by atoms with E-state index < -0.39 is 12.0 Å². The van der Waals surface area contributed by atoms with Crippen LogP contribution in [0.15, 0.2) is 0 Å². The molecule has 0 aromatic carbocycles. The summed E-state index contributed by atoms with van der Waals surface area (Å²) in [6, 6.07) is 0. The van der Waals surface area contributed by atoms with Crippen LogP contribution in [-0.4, -0.2) is 51.3 Å². The number of likely N-dealkylation sites (N-methyl/N-ethyl adjacent to an activating group) is 1. The maximum absolute atomic E-state index is 12.9. The molecule has 0 bridgehead atoms. The maximum Gasteiger partial charge on any atom is 0.453 e. The highest BCUT2D eigenvalue weighted by atomic mass is 19.4. The number of nitrogens with zero attached hydrogens (tertiary/aromatic N) is 5. The van der Waals surface area contributed by atoms with E-state index in [1.54, 1.807) is 27.9 Å². The molecule has 0 spiro atoms. The van der Waals surface area contributed by atoms with E-state index in [0.717, 1.165) is 0 Å². The number of hydrogen-bond acceptors (Lipinski definition) is 5. The van der Waals surface area contributed by atoms with Crippen LogP contribution in [0.5, 0.6) is 0 Å². The lowest BCUT2D eigenvalue weighted by molar-refractivity contribution is -0.146. The number of amides is 1. The predicted molar refractivity (Wildman–Crippen MR) is 72.4 cm³/mol. The molecule has 1 N–H and O–H groups in total. The molecular formula is C12H15F3N6O. The zero-order valence-corrected chi connectivity index (χ0v) is 12.5. The Labute approximate surface area is 124 Å². The van der Waals surface area contributed by atoms with Gasteiger partial charge >= 0.3 is 6.18 Å². The monoisotopic (exact) mass is 316 g/mol. The van der Waals surface area contributed by atoms with Crippen LogP contribution < -0.4 is 5.32 Å². The molecule has 120 valence electrons. The number of fused-ring (bicyclic) bond motifs is 1. The first kappa shape index (κ1) is 16.0. The fourth-order valence-electron chi connectivity index (χ4n) is 1.79. The summed E-state index contributed by atoms with van der Waals surface area (Å²) < 4.78 is 39.3. The van der Waals surface area contributed by atoms with Crippen LogP contribution in [-0.2, 0) is 11.0 Å². The van der Waals surface area contributed by atoms with Gasteiger partial charge in [0.05, 0.1) is 6.54 Å². The number of aryl methyl sites for hydroxylation is 1. The van der Waals surface area contributed by atoms with E-state index in [0.29, 0.717) is 15.6 Å². The Morgan fingerprint density at radius 3 is 2.41 bits per heavy atom. The van der Waals surface area contributed by atoms with E-state index in [4.69, 9.17) is 0 Å². The van der Waals surface area contributed by atoms with Gasteiger partial charge in [0.2, 0.25) is 5.91 Å². The summed E-state index contributed by atoms with van der Waals surface area (Å²) in [5.41, 5.74) is 1.16. The molecule has 2 rings (SSSR count). The minimum absolute atomic E-state index is 0.0364. The molecule has 0 saturated carbocycles. The Bertz CT molecular complexity index is 722. The van der Waals surface area contributed by atoms with Crippen LogP contribution in [0.25, 0.3) is 5.65 Å². The van der Waals surface area contributed by atoms with Crippen molar-refractivity contribution in [3.05, 3.63) is 17.0 Å². The Kier molecular flexibility index (Phi) is 3.94. The van der Waals surface area contributed by atoms with Gasteiger partial charge in [0.25, 0.3) is 5.82 Å². The average molecular weight is 316 g/mol. The van der Waals surface area contributed by atoms with Crippen molar-refractivity contribution in [2.45, 2.75) is 20.0 Å². The molecule has 0 saturated heterocycles. The first-order valence-corrected chi connectivity index (χ1v) is 6.36. The molecule has 7 nitrogen and oxygen atoms in total. The van der Waals surface area contributed by atoms with Crippen LogP contribution in [0.2, 0.25) is 0 Å². The number of rotatable bonds is 3. The second-order valence-electron chi connectivity index (χ2n) is 5.00. The minimum atomic E-state index is -4.66.